The Labute approximate surface area is 65.4 Å². The van der Waals surface area contributed by atoms with Crippen molar-refractivity contribution in [2.24, 2.45) is 5.73 Å². The topological polar surface area (TPSA) is 88.2 Å². The Balaban J connectivity index is 3.30. The molecule has 0 aliphatic carbocycles. The van der Waals surface area contributed by atoms with Crippen LogP contribution in [0.15, 0.2) is 0 Å². The zero-order valence-corrected chi connectivity index (χ0v) is 6.52. The van der Waals surface area contributed by atoms with Gasteiger partial charge >= 0.3 is 0 Å². The van der Waals surface area contributed by atoms with Gasteiger partial charge in [-0.2, -0.15) is 0 Å². The highest BCUT2D eigenvalue weighted by molar-refractivity contribution is 5.97. The number of nitrogens with two attached hydrogens (primary N) is 1. The van der Waals surface area contributed by atoms with E-state index in [2.05, 4.69) is 5.32 Å². The van der Waals surface area contributed by atoms with Gasteiger partial charge in [0.15, 0.2) is 0 Å². The normalized spacial score (nSPS) is 9.18. The first kappa shape index (κ1) is 9.90. The lowest BCUT2D eigenvalue weighted by Gasteiger charge is -2.02. The summed E-state index contributed by atoms with van der Waals surface area (Å²) < 4.78 is 4.70. The monoisotopic (exact) mass is 159 g/mol. The molecule has 0 aromatic heterocycles. The first-order valence-electron chi connectivity index (χ1n) is 3.25. The van der Waals surface area contributed by atoms with Crippen molar-refractivity contribution in [1.29, 1.82) is 5.41 Å². The smallest absolute Gasteiger partial charge is 0.227 e. The molecule has 0 saturated heterocycles. The summed E-state index contributed by atoms with van der Waals surface area (Å²) in [5.41, 5.74) is 4.99. The highest BCUT2D eigenvalue weighted by atomic mass is 16.5. The molecule has 0 spiro atoms. The number of hydrogen-bond donors (Lipinski definition) is 3. The number of methoxy groups -OCH3 is 1. The van der Waals surface area contributed by atoms with Crippen LogP contribution in [0.25, 0.3) is 0 Å². The molecule has 0 aromatic rings. The van der Waals surface area contributed by atoms with Gasteiger partial charge in [0.05, 0.1) is 18.9 Å². The van der Waals surface area contributed by atoms with Gasteiger partial charge in [-0.25, -0.2) is 0 Å². The Hall–Kier alpha value is -1.10. The third-order valence-electron chi connectivity index (χ3n) is 0.979. The summed E-state index contributed by atoms with van der Waals surface area (Å²) in [7, 11) is 1.55. The first-order valence-corrected chi connectivity index (χ1v) is 3.25. The number of hydrogen-bond acceptors (Lipinski definition) is 3. The van der Waals surface area contributed by atoms with Gasteiger partial charge in [-0.1, -0.05) is 0 Å². The van der Waals surface area contributed by atoms with Crippen LogP contribution < -0.4 is 11.1 Å². The molecule has 1 amide bonds. The zero-order chi connectivity index (χ0) is 8.69. The zero-order valence-electron chi connectivity index (χ0n) is 6.52. The molecule has 0 bridgehead atoms. The predicted octanol–water partition coefficient (Wildman–Crippen LogP) is -0.925. The van der Waals surface area contributed by atoms with E-state index in [-0.39, 0.29) is 18.2 Å². The summed E-state index contributed by atoms with van der Waals surface area (Å²) in [6.45, 7) is 0.937. The van der Waals surface area contributed by atoms with Crippen molar-refractivity contribution >= 4 is 11.7 Å². The lowest BCUT2D eigenvalue weighted by molar-refractivity contribution is -0.120. The van der Waals surface area contributed by atoms with E-state index in [0.29, 0.717) is 13.2 Å². The van der Waals surface area contributed by atoms with Crippen LogP contribution in [0.2, 0.25) is 0 Å². The van der Waals surface area contributed by atoms with E-state index in [1.807, 2.05) is 0 Å². The van der Waals surface area contributed by atoms with Crippen LogP contribution in [0.4, 0.5) is 0 Å². The van der Waals surface area contributed by atoms with Crippen LogP contribution in [0, 0.1) is 5.41 Å². The number of amides is 1. The van der Waals surface area contributed by atoms with E-state index in [1.165, 1.54) is 0 Å². The fraction of sp³-hybridized carbons (Fsp3) is 0.667. The van der Waals surface area contributed by atoms with Crippen LogP contribution in [0.5, 0.6) is 0 Å². The molecule has 64 valence electrons. The molecular formula is C6H13N3O2. The minimum absolute atomic E-state index is 0.0380. The number of carbonyl (C=O) groups is 1. The Kier molecular flexibility index (Phi) is 5.10. The predicted molar refractivity (Wildman–Crippen MR) is 41.4 cm³/mol. The van der Waals surface area contributed by atoms with Gasteiger partial charge in [0.25, 0.3) is 0 Å². The molecule has 0 heterocycles. The van der Waals surface area contributed by atoms with Gasteiger partial charge in [-0.15, -0.1) is 0 Å². The van der Waals surface area contributed by atoms with Crippen LogP contribution in [-0.2, 0) is 9.53 Å². The van der Waals surface area contributed by atoms with Crippen molar-refractivity contribution in [3.05, 3.63) is 0 Å². The molecule has 5 heteroatoms. The molecule has 5 nitrogen and oxygen atoms in total. The van der Waals surface area contributed by atoms with Crippen molar-refractivity contribution in [3.63, 3.8) is 0 Å². The van der Waals surface area contributed by atoms with E-state index in [9.17, 15) is 4.79 Å². The average Bonchev–Trinajstić information content (AvgIpc) is 1.86. The molecule has 0 saturated carbocycles. The molecule has 4 N–H and O–H groups in total. The fourth-order valence-electron chi connectivity index (χ4n) is 0.528. The molecular weight excluding hydrogens is 146 g/mol. The lowest BCUT2D eigenvalue weighted by Crippen LogP contribution is -2.30. The maximum absolute atomic E-state index is 10.7. The Morgan fingerprint density at radius 1 is 1.73 bits per heavy atom. The molecule has 11 heavy (non-hydrogen) atoms. The third kappa shape index (κ3) is 6.79. The van der Waals surface area contributed by atoms with Gasteiger partial charge in [0, 0.05) is 13.7 Å². The third-order valence-corrected chi connectivity index (χ3v) is 0.979. The Bertz CT molecular complexity index is 147. The summed E-state index contributed by atoms with van der Waals surface area (Å²) >= 11 is 0. The molecule has 0 aliphatic rings. The highest BCUT2D eigenvalue weighted by Crippen LogP contribution is 1.76. The lowest BCUT2D eigenvalue weighted by atomic mass is 10.4. The average molecular weight is 159 g/mol. The maximum Gasteiger partial charge on any atom is 0.227 e. The summed E-state index contributed by atoms with van der Waals surface area (Å²) in [6, 6.07) is 0. The standard InChI is InChI=1S/C6H13N3O2/c1-11-3-2-9-6(10)4-5(7)8/h2-4H2,1H3,(H3,7,8)(H,9,10). The van der Waals surface area contributed by atoms with Crippen molar-refractivity contribution < 1.29 is 9.53 Å². The van der Waals surface area contributed by atoms with Gasteiger partial charge in [0.2, 0.25) is 5.91 Å². The minimum Gasteiger partial charge on any atom is -0.387 e. The molecule has 0 rings (SSSR count). The van der Waals surface area contributed by atoms with Gasteiger partial charge < -0.3 is 15.8 Å². The molecule has 0 unspecified atom stereocenters. The van der Waals surface area contributed by atoms with Crippen LogP contribution in [-0.4, -0.2) is 32.0 Å². The van der Waals surface area contributed by atoms with Crippen LogP contribution in [0.3, 0.4) is 0 Å². The second kappa shape index (κ2) is 5.67. The fourth-order valence-corrected chi connectivity index (χ4v) is 0.528. The summed E-state index contributed by atoms with van der Waals surface area (Å²) in [6.07, 6.45) is -0.0380. The van der Waals surface area contributed by atoms with E-state index in [4.69, 9.17) is 15.9 Å². The van der Waals surface area contributed by atoms with Gasteiger partial charge in [-0.05, 0) is 0 Å². The number of amidine groups is 1. The van der Waals surface area contributed by atoms with Crippen molar-refractivity contribution in [2.45, 2.75) is 6.42 Å². The molecule has 0 aliphatic heterocycles. The molecule has 0 aromatic carbocycles. The SMILES string of the molecule is COCCNC(=O)CC(=N)N. The highest BCUT2D eigenvalue weighted by Gasteiger charge is 2.00. The first-order chi connectivity index (χ1) is 5.16. The summed E-state index contributed by atoms with van der Waals surface area (Å²) in [5, 5.41) is 9.32. The largest absolute Gasteiger partial charge is 0.387 e. The number of carbonyl (C=O) groups excluding carboxylic acids is 1. The molecule has 0 atom stereocenters. The number of ether oxygens (including phenoxy) is 1. The van der Waals surface area contributed by atoms with Crippen molar-refractivity contribution in [1.82, 2.24) is 5.32 Å². The minimum atomic E-state index is -0.241. The van der Waals surface area contributed by atoms with E-state index < -0.39 is 0 Å². The van der Waals surface area contributed by atoms with Crippen LogP contribution >= 0.6 is 0 Å². The number of rotatable bonds is 5. The van der Waals surface area contributed by atoms with E-state index >= 15 is 0 Å². The second-order valence-corrected chi connectivity index (χ2v) is 2.04. The number of nitrogens with one attached hydrogen (secondary N) is 2. The van der Waals surface area contributed by atoms with Gasteiger partial charge in [0.1, 0.15) is 0 Å². The Morgan fingerprint density at radius 2 is 2.36 bits per heavy atom. The van der Waals surface area contributed by atoms with E-state index in [0.717, 1.165) is 0 Å². The van der Waals surface area contributed by atoms with Crippen molar-refractivity contribution in [2.75, 3.05) is 20.3 Å². The quantitative estimate of drug-likeness (QED) is 0.275. The second-order valence-electron chi connectivity index (χ2n) is 2.04. The Morgan fingerprint density at radius 3 is 2.82 bits per heavy atom. The van der Waals surface area contributed by atoms with Crippen molar-refractivity contribution in [3.8, 4) is 0 Å². The summed E-state index contributed by atoms with van der Waals surface area (Å²) in [4.78, 5) is 10.7. The van der Waals surface area contributed by atoms with E-state index in [1.54, 1.807) is 7.11 Å². The molecule has 0 fully saturated rings. The van der Waals surface area contributed by atoms with Crippen LogP contribution in [0.1, 0.15) is 6.42 Å². The van der Waals surface area contributed by atoms with Gasteiger partial charge in [-0.3, -0.25) is 10.2 Å². The molecule has 0 radical (unpaired) electrons. The summed E-state index contributed by atoms with van der Waals surface area (Å²) in [5.74, 6) is -0.366. The maximum atomic E-state index is 10.7.